The van der Waals surface area contributed by atoms with Crippen LogP contribution >= 0.6 is 27.7 Å². The van der Waals surface area contributed by atoms with Gasteiger partial charge in [0, 0.05) is 35.6 Å². The Bertz CT molecular complexity index is 1680. The maximum absolute atomic E-state index is 13.5. The molecule has 1 atom stereocenters. The minimum atomic E-state index is -0.526. The standard InChI is InChI=1S/C29H26BrN7O5S/c1-35-26(16-31-28(39)20-5-11-22(12-6-20)37(40)41)32-33-29(35)43-17-27(38)36-25(19-7-13-23(42-2)14-8-19)15-24(34-36)18-3-9-21(30)10-4-18/h3-14,25H,15-17H2,1-2H3,(H,31,39)/t25-/m0/s1. The van der Waals surface area contributed by atoms with Gasteiger partial charge in [-0.15, -0.1) is 10.2 Å². The number of thioether (sulfide) groups is 1. The lowest BCUT2D eigenvalue weighted by Gasteiger charge is -2.22. The number of hydrazone groups is 1. The lowest BCUT2D eigenvalue weighted by atomic mass is 9.98. The number of nitrogens with zero attached hydrogens (tertiary/aromatic N) is 6. The molecule has 2 amide bonds. The van der Waals surface area contributed by atoms with E-state index >= 15 is 0 Å². The molecule has 1 aliphatic heterocycles. The topological polar surface area (TPSA) is 145 Å². The van der Waals surface area contributed by atoms with Crippen LogP contribution in [0.15, 0.2) is 87.5 Å². The number of benzene rings is 3. The van der Waals surface area contributed by atoms with Gasteiger partial charge in [0.2, 0.25) is 0 Å². The van der Waals surface area contributed by atoms with Gasteiger partial charge in [0.1, 0.15) is 5.75 Å². The summed E-state index contributed by atoms with van der Waals surface area (Å²) in [4.78, 5) is 36.3. The molecule has 0 spiro atoms. The Labute approximate surface area is 259 Å². The van der Waals surface area contributed by atoms with Gasteiger partial charge >= 0.3 is 0 Å². The van der Waals surface area contributed by atoms with Gasteiger partial charge in [-0.3, -0.25) is 19.7 Å². The number of nitro groups is 1. The van der Waals surface area contributed by atoms with Crippen LogP contribution in [0.4, 0.5) is 5.69 Å². The number of rotatable bonds is 10. The quantitative estimate of drug-likeness (QED) is 0.143. The van der Waals surface area contributed by atoms with Gasteiger partial charge in [0.15, 0.2) is 11.0 Å². The van der Waals surface area contributed by atoms with Crippen molar-refractivity contribution in [1.82, 2.24) is 25.1 Å². The highest BCUT2D eigenvalue weighted by Crippen LogP contribution is 2.34. The number of hydrogen-bond donors (Lipinski definition) is 1. The van der Waals surface area contributed by atoms with Gasteiger partial charge in [-0.25, -0.2) is 5.01 Å². The summed E-state index contributed by atoms with van der Waals surface area (Å²) in [5.74, 6) is 0.698. The van der Waals surface area contributed by atoms with E-state index in [1.165, 1.54) is 41.0 Å². The lowest BCUT2D eigenvalue weighted by molar-refractivity contribution is -0.384. The van der Waals surface area contributed by atoms with Crippen molar-refractivity contribution in [2.75, 3.05) is 12.9 Å². The van der Waals surface area contributed by atoms with E-state index in [0.29, 0.717) is 17.4 Å². The number of non-ortho nitro benzene ring substituents is 1. The second-order valence-electron chi connectivity index (χ2n) is 9.52. The summed E-state index contributed by atoms with van der Waals surface area (Å²) in [6, 6.07) is 20.5. The van der Waals surface area contributed by atoms with Crippen molar-refractivity contribution in [3.63, 3.8) is 0 Å². The number of amides is 2. The lowest BCUT2D eigenvalue weighted by Crippen LogP contribution is -2.28. The monoisotopic (exact) mass is 663 g/mol. The van der Waals surface area contributed by atoms with Gasteiger partial charge in [0.05, 0.1) is 36.1 Å². The molecule has 3 aromatic carbocycles. The Morgan fingerprint density at radius 1 is 1.07 bits per heavy atom. The second-order valence-corrected chi connectivity index (χ2v) is 11.4. The molecule has 0 fully saturated rings. The summed E-state index contributed by atoms with van der Waals surface area (Å²) < 4.78 is 7.96. The molecule has 43 heavy (non-hydrogen) atoms. The van der Waals surface area contributed by atoms with Gasteiger partial charge in [-0.2, -0.15) is 5.10 Å². The summed E-state index contributed by atoms with van der Waals surface area (Å²) in [5.41, 5.74) is 2.89. The SMILES string of the molecule is COc1ccc([C@@H]2CC(c3ccc(Br)cc3)=NN2C(=O)CSc2nnc(CNC(=O)c3ccc([N+](=O)[O-])cc3)n2C)cc1. The summed E-state index contributed by atoms with van der Waals surface area (Å²) in [6.45, 7) is 0.0837. The molecular formula is C29H26BrN7O5S. The average Bonchev–Trinajstić information content (AvgIpc) is 3.63. The van der Waals surface area contributed by atoms with E-state index in [1.807, 2.05) is 48.5 Å². The van der Waals surface area contributed by atoms with E-state index in [-0.39, 0.29) is 35.5 Å². The Kier molecular flexibility index (Phi) is 9.16. The molecule has 14 heteroatoms. The highest BCUT2D eigenvalue weighted by Gasteiger charge is 2.33. The molecule has 1 aliphatic rings. The first-order chi connectivity index (χ1) is 20.7. The largest absolute Gasteiger partial charge is 0.497 e. The third-order valence-electron chi connectivity index (χ3n) is 6.84. The van der Waals surface area contributed by atoms with E-state index in [2.05, 4.69) is 31.4 Å². The minimum absolute atomic E-state index is 0.0743. The summed E-state index contributed by atoms with van der Waals surface area (Å²) in [7, 11) is 3.36. The van der Waals surface area contributed by atoms with Gasteiger partial charge in [0.25, 0.3) is 17.5 Å². The molecule has 0 radical (unpaired) electrons. The van der Waals surface area contributed by atoms with Crippen molar-refractivity contribution in [3.05, 3.63) is 110 Å². The fraction of sp³-hybridized carbons (Fsp3) is 0.207. The third kappa shape index (κ3) is 6.92. The highest BCUT2D eigenvalue weighted by molar-refractivity contribution is 9.10. The number of aromatic nitrogens is 3. The molecule has 5 rings (SSSR count). The first kappa shape index (κ1) is 29.9. The zero-order valence-corrected chi connectivity index (χ0v) is 25.5. The summed E-state index contributed by atoms with van der Waals surface area (Å²) in [6.07, 6.45) is 0.562. The first-order valence-electron chi connectivity index (χ1n) is 13.1. The number of methoxy groups -OCH3 is 1. The van der Waals surface area contributed by atoms with Crippen LogP contribution < -0.4 is 10.1 Å². The molecule has 0 unspecified atom stereocenters. The molecule has 12 nitrogen and oxygen atoms in total. The smallest absolute Gasteiger partial charge is 0.269 e. The Balaban J connectivity index is 1.25. The summed E-state index contributed by atoms with van der Waals surface area (Å²) in [5, 5.41) is 28.7. The Hall–Kier alpha value is -4.56. The van der Waals surface area contributed by atoms with Crippen molar-refractivity contribution in [1.29, 1.82) is 0 Å². The Morgan fingerprint density at radius 2 is 1.77 bits per heavy atom. The fourth-order valence-electron chi connectivity index (χ4n) is 4.46. The predicted molar refractivity (Wildman–Crippen MR) is 164 cm³/mol. The molecule has 0 saturated carbocycles. The van der Waals surface area contributed by atoms with Crippen LogP contribution in [-0.4, -0.2) is 55.1 Å². The van der Waals surface area contributed by atoms with Crippen molar-refractivity contribution < 1.29 is 19.2 Å². The number of hydrogen-bond acceptors (Lipinski definition) is 9. The summed E-state index contributed by atoms with van der Waals surface area (Å²) >= 11 is 4.69. The molecule has 4 aromatic rings. The van der Waals surface area contributed by atoms with Crippen molar-refractivity contribution in [3.8, 4) is 5.75 Å². The highest BCUT2D eigenvalue weighted by atomic mass is 79.9. The number of halogens is 1. The van der Waals surface area contributed by atoms with E-state index in [9.17, 15) is 19.7 Å². The number of nitrogens with one attached hydrogen (secondary N) is 1. The molecule has 1 N–H and O–H groups in total. The molecule has 220 valence electrons. The first-order valence-corrected chi connectivity index (χ1v) is 14.8. The van der Waals surface area contributed by atoms with Gasteiger partial charge < -0.3 is 14.6 Å². The predicted octanol–water partition coefficient (Wildman–Crippen LogP) is 4.89. The number of carbonyl (C=O) groups is 2. The van der Waals surface area contributed by atoms with E-state index in [0.717, 1.165) is 27.1 Å². The van der Waals surface area contributed by atoms with E-state index in [4.69, 9.17) is 9.84 Å². The Morgan fingerprint density at radius 3 is 2.42 bits per heavy atom. The van der Waals surface area contributed by atoms with Crippen molar-refractivity contribution in [2.45, 2.75) is 24.2 Å². The van der Waals surface area contributed by atoms with Gasteiger partial charge in [-0.05, 0) is 47.5 Å². The molecular weight excluding hydrogens is 638 g/mol. The van der Waals surface area contributed by atoms with Crippen LogP contribution in [0.3, 0.4) is 0 Å². The van der Waals surface area contributed by atoms with Crippen LogP contribution in [0.2, 0.25) is 0 Å². The van der Waals surface area contributed by atoms with Crippen molar-refractivity contribution >= 4 is 50.9 Å². The normalized spacial score (nSPS) is 14.3. The number of ether oxygens (including phenoxy) is 1. The second kappa shape index (κ2) is 13.2. The number of carbonyl (C=O) groups excluding carboxylic acids is 2. The van der Waals surface area contributed by atoms with Crippen LogP contribution in [0.1, 0.15) is 39.8 Å². The fourth-order valence-corrected chi connectivity index (χ4v) is 5.50. The van der Waals surface area contributed by atoms with Crippen molar-refractivity contribution in [2.24, 2.45) is 12.1 Å². The zero-order valence-electron chi connectivity index (χ0n) is 23.1. The zero-order chi connectivity index (χ0) is 30.5. The van der Waals surface area contributed by atoms with Crippen LogP contribution in [-0.2, 0) is 18.4 Å². The molecule has 2 heterocycles. The molecule has 0 aliphatic carbocycles. The van der Waals surface area contributed by atoms with Crippen LogP contribution in [0, 0.1) is 10.1 Å². The maximum Gasteiger partial charge on any atom is 0.269 e. The van der Waals surface area contributed by atoms with E-state index in [1.54, 1.807) is 18.7 Å². The third-order valence-corrected chi connectivity index (χ3v) is 8.37. The van der Waals surface area contributed by atoms with Crippen LogP contribution in [0.5, 0.6) is 5.75 Å². The van der Waals surface area contributed by atoms with E-state index < -0.39 is 10.8 Å². The molecule has 0 bridgehead atoms. The van der Waals surface area contributed by atoms with Gasteiger partial charge in [-0.1, -0.05) is 52.0 Å². The molecule has 0 saturated heterocycles. The number of nitro benzene ring substituents is 1. The average molecular weight is 665 g/mol. The van der Waals surface area contributed by atoms with Crippen LogP contribution in [0.25, 0.3) is 0 Å². The molecule has 1 aromatic heterocycles. The maximum atomic E-state index is 13.5. The minimum Gasteiger partial charge on any atom is -0.497 e.